The summed E-state index contributed by atoms with van der Waals surface area (Å²) in [4.78, 5) is 12.3. The molecule has 274 valence electrons. The molecule has 4 heteroatoms. The van der Waals surface area contributed by atoms with Crippen molar-refractivity contribution in [3.05, 3.63) is 122 Å². The largest absolute Gasteiger partial charge is 0.394 e. The van der Waals surface area contributed by atoms with E-state index in [1.54, 1.807) is 6.08 Å². The molecule has 0 heterocycles. The van der Waals surface area contributed by atoms with E-state index < -0.39 is 12.1 Å². The average molecular weight is 674 g/mol. The van der Waals surface area contributed by atoms with Gasteiger partial charge in [-0.1, -0.05) is 167 Å². The van der Waals surface area contributed by atoms with Crippen molar-refractivity contribution in [3.63, 3.8) is 0 Å². The molecule has 2 unspecified atom stereocenters. The molecule has 0 aliphatic carbocycles. The van der Waals surface area contributed by atoms with Crippen LogP contribution < -0.4 is 5.32 Å². The molecule has 4 nitrogen and oxygen atoms in total. The van der Waals surface area contributed by atoms with E-state index in [1.807, 2.05) is 6.08 Å². The van der Waals surface area contributed by atoms with Gasteiger partial charge in [-0.3, -0.25) is 4.79 Å². The van der Waals surface area contributed by atoms with E-state index in [2.05, 4.69) is 129 Å². The van der Waals surface area contributed by atoms with E-state index in [9.17, 15) is 15.0 Å². The van der Waals surface area contributed by atoms with Crippen molar-refractivity contribution in [2.75, 3.05) is 6.61 Å². The Hall–Kier alpha value is -3.21. The lowest BCUT2D eigenvalue weighted by Crippen LogP contribution is -2.45. The summed E-state index contributed by atoms with van der Waals surface area (Å²) < 4.78 is 0. The van der Waals surface area contributed by atoms with Crippen LogP contribution in [-0.4, -0.2) is 34.9 Å². The fourth-order valence-corrected chi connectivity index (χ4v) is 4.76. The number of carbonyl (C=O) groups excluding carboxylic acids is 1. The molecule has 0 radical (unpaired) electrons. The summed E-state index contributed by atoms with van der Waals surface area (Å²) >= 11 is 0. The lowest BCUT2D eigenvalue weighted by atomic mass is 10.1. The topological polar surface area (TPSA) is 69.6 Å². The van der Waals surface area contributed by atoms with Crippen molar-refractivity contribution in [1.82, 2.24) is 5.32 Å². The van der Waals surface area contributed by atoms with Gasteiger partial charge in [-0.2, -0.15) is 0 Å². The summed E-state index contributed by atoms with van der Waals surface area (Å²) in [6, 6.07) is -0.659. The number of aliphatic hydroxyl groups excluding tert-OH is 2. The Bertz CT molecular complexity index is 1040. The monoisotopic (exact) mass is 674 g/mol. The highest BCUT2D eigenvalue weighted by atomic mass is 16.3. The van der Waals surface area contributed by atoms with Gasteiger partial charge in [-0.15, -0.1) is 0 Å². The molecule has 1 amide bonds. The van der Waals surface area contributed by atoms with E-state index in [0.29, 0.717) is 6.42 Å². The van der Waals surface area contributed by atoms with Crippen molar-refractivity contribution in [3.8, 4) is 0 Å². The number of hydrogen-bond donors (Lipinski definition) is 3. The van der Waals surface area contributed by atoms with Crippen LogP contribution in [0.15, 0.2) is 122 Å². The van der Waals surface area contributed by atoms with Crippen LogP contribution in [0.3, 0.4) is 0 Å². The SMILES string of the molecule is CC/C=C\C/C=C\C/C=C\C/C=C\C/C=C\C/C=C\C/C=C\C/C=C\C/C=C\CCCC(=O)NC(CO)C(O)/C=C/CCCCCCCC. The summed E-state index contributed by atoms with van der Waals surface area (Å²) in [7, 11) is 0. The minimum Gasteiger partial charge on any atom is -0.394 e. The molecule has 0 aromatic heterocycles. The fourth-order valence-electron chi connectivity index (χ4n) is 4.76. The number of rotatable bonds is 32. The Morgan fingerprint density at radius 2 is 0.898 bits per heavy atom. The Balaban J connectivity index is 3.80. The summed E-state index contributed by atoms with van der Waals surface area (Å²) in [5.74, 6) is -0.133. The van der Waals surface area contributed by atoms with Crippen LogP contribution in [0, 0.1) is 0 Å². The minimum absolute atomic E-state index is 0.133. The van der Waals surface area contributed by atoms with Crippen LogP contribution in [0.5, 0.6) is 0 Å². The molecule has 0 fully saturated rings. The third-order valence-electron chi connectivity index (χ3n) is 7.70. The van der Waals surface area contributed by atoms with Crippen molar-refractivity contribution in [2.24, 2.45) is 0 Å². The van der Waals surface area contributed by atoms with Crippen molar-refractivity contribution >= 4 is 5.91 Å². The Morgan fingerprint density at radius 1 is 0.510 bits per heavy atom. The Kier molecular flexibility index (Phi) is 36.7. The summed E-state index contributed by atoms with van der Waals surface area (Å²) in [5, 5.41) is 22.7. The second-order valence-electron chi connectivity index (χ2n) is 12.3. The number of carbonyl (C=O) groups is 1. The van der Waals surface area contributed by atoms with Crippen LogP contribution in [-0.2, 0) is 4.79 Å². The highest BCUT2D eigenvalue weighted by Crippen LogP contribution is 2.08. The van der Waals surface area contributed by atoms with E-state index >= 15 is 0 Å². The van der Waals surface area contributed by atoms with Gasteiger partial charge < -0.3 is 15.5 Å². The number of aliphatic hydroxyl groups is 2. The first-order chi connectivity index (χ1) is 24.2. The lowest BCUT2D eigenvalue weighted by molar-refractivity contribution is -0.122. The molecule has 0 saturated heterocycles. The molecule has 0 spiro atoms. The molecular weight excluding hydrogens is 602 g/mol. The first-order valence-corrected chi connectivity index (χ1v) is 19.2. The van der Waals surface area contributed by atoms with E-state index in [1.165, 1.54) is 32.1 Å². The second kappa shape index (κ2) is 39.2. The highest BCUT2D eigenvalue weighted by Gasteiger charge is 2.17. The van der Waals surface area contributed by atoms with Crippen molar-refractivity contribution in [1.29, 1.82) is 0 Å². The number of hydrogen-bond acceptors (Lipinski definition) is 3. The number of allylic oxidation sites excluding steroid dienone is 19. The zero-order chi connectivity index (χ0) is 35.7. The quantitative estimate of drug-likeness (QED) is 0.0492. The minimum atomic E-state index is -0.868. The molecular formula is C45H71NO3. The third-order valence-corrected chi connectivity index (χ3v) is 7.70. The maximum Gasteiger partial charge on any atom is 0.220 e. The molecule has 0 rings (SSSR count). The molecule has 3 N–H and O–H groups in total. The fraction of sp³-hybridized carbons (Fsp3) is 0.533. The Morgan fingerprint density at radius 3 is 1.33 bits per heavy atom. The standard InChI is InChI=1S/C45H71NO3/c1-3-5-7-9-11-13-14-15-16-17-18-19-20-21-22-23-24-25-26-27-28-29-30-31-32-33-35-37-39-41-45(49)46-43(42-47)44(48)40-38-36-34-12-10-8-6-4-2/h5,7,11,13,15-16,18-19,21-22,24-25,27-28,30-31,33,35,38,40,43-44,47-48H,3-4,6,8-10,12,14,17,20,23,26,29,32,34,36-37,39,41-42H2,1-2H3,(H,46,49)/b7-5-,13-11-,16-15-,19-18-,22-21-,25-24-,28-27-,31-30-,35-33-,40-38+. The van der Waals surface area contributed by atoms with Crippen LogP contribution in [0.4, 0.5) is 0 Å². The van der Waals surface area contributed by atoms with Crippen LogP contribution >= 0.6 is 0 Å². The van der Waals surface area contributed by atoms with Crippen LogP contribution in [0.25, 0.3) is 0 Å². The lowest BCUT2D eigenvalue weighted by Gasteiger charge is -2.19. The normalized spacial score (nSPS) is 14.4. The van der Waals surface area contributed by atoms with Gasteiger partial charge in [0.25, 0.3) is 0 Å². The van der Waals surface area contributed by atoms with Gasteiger partial charge in [0.15, 0.2) is 0 Å². The molecule has 49 heavy (non-hydrogen) atoms. The van der Waals surface area contributed by atoms with Gasteiger partial charge in [0, 0.05) is 6.42 Å². The zero-order valence-electron chi connectivity index (χ0n) is 31.1. The predicted molar refractivity (Wildman–Crippen MR) is 215 cm³/mol. The first-order valence-electron chi connectivity index (χ1n) is 19.2. The van der Waals surface area contributed by atoms with Crippen LogP contribution in [0.1, 0.15) is 136 Å². The zero-order valence-corrected chi connectivity index (χ0v) is 31.1. The molecule has 2 atom stereocenters. The predicted octanol–water partition coefficient (Wildman–Crippen LogP) is 11.8. The summed E-state index contributed by atoms with van der Waals surface area (Å²) in [5.41, 5.74) is 0. The summed E-state index contributed by atoms with van der Waals surface area (Å²) in [6.07, 6.45) is 61.6. The molecule has 0 aromatic rings. The smallest absolute Gasteiger partial charge is 0.220 e. The molecule has 0 aliphatic heterocycles. The van der Waals surface area contributed by atoms with E-state index in [-0.39, 0.29) is 12.5 Å². The first kappa shape index (κ1) is 45.8. The van der Waals surface area contributed by atoms with E-state index in [0.717, 1.165) is 83.5 Å². The Labute approximate surface area is 301 Å². The average Bonchev–Trinajstić information content (AvgIpc) is 3.10. The van der Waals surface area contributed by atoms with Gasteiger partial charge in [0.2, 0.25) is 5.91 Å². The maximum absolute atomic E-state index is 12.3. The van der Waals surface area contributed by atoms with Crippen molar-refractivity contribution in [2.45, 2.75) is 148 Å². The number of amides is 1. The third kappa shape index (κ3) is 35.9. The van der Waals surface area contributed by atoms with Crippen molar-refractivity contribution < 1.29 is 15.0 Å². The second-order valence-corrected chi connectivity index (χ2v) is 12.3. The number of unbranched alkanes of at least 4 members (excludes halogenated alkanes) is 7. The molecule has 0 saturated carbocycles. The maximum atomic E-state index is 12.3. The molecule has 0 aromatic carbocycles. The van der Waals surface area contributed by atoms with Gasteiger partial charge in [0.05, 0.1) is 18.8 Å². The highest BCUT2D eigenvalue weighted by molar-refractivity contribution is 5.76. The summed E-state index contributed by atoms with van der Waals surface area (Å²) in [6.45, 7) is 4.10. The molecule has 0 aliphatic rings. The van der Waals surface area contributed by atoms with Gasteiger partial charge in [0.1, 0.15) is 0 Å². The van der Waals surface area contributed by atoms with E-state index in [4.69, 9.17) is 0 Å². The number of nitrogens with one attached hydrogen (secondary N) is 1. The van der Waals surface area contributed by atoms with Gasteiger partial charge in [-0.05, 0) is 83.5 Å². The van der Waals surface area contributed by atoms with Gasteiger partial charge >= 0.3 is 0 Å². The van der Waals surface area contributed by atoms with Crippen LogP contribution in [0.2, 0.25) is 0 Å². The van der Waals surface area contributed by atoms with Gasteiger partial charge in [-0.25, -0.2) is 0 Å². The molecule has 0 bridgehead atoms.